The SMILES string of the molecule is CCCC1CCC(OCc2ccc(C=Cc3ccc(C[C@@H](C)c4ccccc4)cc3)cc2)CC1. The molecule has 0 saturated heterocycles. The highest BCUT2D eigenvalue weighted by molar-refractivity contribution is 5.69. The van der Waals surface area contributed by atoms with Crippen molar-refractivity contribution in [3.63, 3.8) is 0 Å². The third-order valence-electron chi connectivity index (χ3n) is 7.31. The first-order valence-electron chi connectivity index (χ1n) is 13.2. The molecule has 0 amide bonds. The van der Waals surface area contributed by atoms with Crippen LogP contribution in [0, 0.1) is 5.92 Å². The lowest BCUT2D eigenvalue weighted by molar-refractivity contribution is 0.00631. The molecule has 1 saturated carbocycles. The first-order valence-corrected chi connectivity index (χ1v) is 13.2. The van der Waals surface area contributed by atoms with Crippen LogP contribution < -0.4 is 0 Å². The van der Waals surface area contributed by atoms with Gasteiger partial charge < -0.3 is 4.74 Å². The minimum atomic E-state index is 0.450. The number of rotatable bonds is 10. The van der Waals surface area contributed by atoms with Crippen LogP contribution in [0.4, 0.5) is 0 Å². The molecule has 0 spiro atoms. The van der Waals surface area contributed by atoms with Gasteiger partial charge in [0.1, 0.15) is 0 Å². The van der Waals surface area contributed by atoms with Crippen molar-refractivity contribution < 1.29 is 4.74 Å². The molecular formula is C33H40O. The Balaban J connectivity index is 1.23. The van der Waals surface area contributed by atoms with Crippen molar-refractivity contribution in [1.82, 2.24) is 0 Å². The van der Waals surface area contributed by atoms with E-state index >= 15 is 0 Å². The van der Waals surface area contributed by atoms with Gasteiger partial charge in [-0.15, -0.1) is 0 Å². The summed E-state index contributed by atoms with van der Waals surface area (Å²) in [7, 11) is 0. The highest BCUT2D eigenvalue weighted by Gasteiger charge is 2.20. The van der Waals surface area contributed by atoms with Gasteiger partial charge in [-0.3, -0.25) is 0 Å². The van der Waals surface area contributed by atoms with Crippen LogP contribution in [0.2, 0.25) is 0 Å². The Morgan fingerprint density at radius 2 is 1.35 bits per heavy atom. The largest absolute Gasteiger partial charge is 0.374 e. The van der Waals surface area contributed by atoms with Gasteiger partial charge in [0.15, 0.2) is 0 Å². The Kier molecular flexibility index (Phi) is 9.16. The van der Waals surface area contributed by atoms with E-state index in [0.717, 1.165) is 18.9 Å². The van der Waals surface area contributed by atoms with Gasteiger partial charge >= 0.3 is 0 Å². The average Bonchev–Trinajstić information content (AvgIpc) is 2.89. The quantitative estimate of drug-likeness (QED) is 0.279. The van der Waals surface area contributed by atoms with Gasteiger partial charge in [-0.1, -0.05) is 118 Å². The number of ether oxygens (including phenoxy) is 1. The number of hydrogen-bond acceptors (Lipinski definition) is 1. The van der Waals surface area contributed by atoms with Crippen molar-refractivity contribution in [2.75, 3.05) is 0 Å². The van der Waals surface area contributed by atoms with Crippen LogP contribution in [0.1, 0.15) is 86.1 Å². The summed E-state index contributed by atoms with van der Waals surface area (Å²) in [6.07, 6.45) is 13.8. The summed E-state index contributed by atoms with van der Waals surface area (Å²) in [5.41, 5.74) is 6.52. The maximum Gasteiger partial charge on any atom is 0.0720 e. The molecule has 1 nitrogen and oxygen atoms in total. The molecule has 1 aliphatic carbocycles. The first kappa shape index (κ1) is 24.5. The predicted octanol–water partition coefficient (Wildman–Crippen LogP) is 9.08. The fourth-order valence-electron chi connectivity index (χ4n) is 5.14. The Labute approximate surface area is 206 Å². The van der Waals surface area contributed by atoms with Gasteiger partial charge in [0.05, 0.1) is 12.7 Å². The molecule has 1 atom stereocenters. The Morgan fingerprint density at radius 3 is 1.94 bits per heavy atom. The van der Waals surface area contributed by atoms with Crippen LogP contribution in [0.5, 0.6) is 0 Å². The lowest BCUT2D eigenvalue weighted by Gasteiger charge is -2.28. The normalized spacial score (nSPS) is 19.4. The van der Waals surface area contributed by atoms with Crippen molar-refractivity contribution in [2.45, 2.75) is 77.4 Å². The zero-order valence-electron chi connectivity index (χ0n) is 21.0. The van der Waals surface area contributed by atoms with E-state index in [2.05, 4.69) is 105 Å². The highest BCUT2D eigenvalue weighted by atomic mass is 16.5. The molecule has 3 aromatic carbocycles. The number of hydrogen-bond donors (Lipinski definition) is 0. The second kappa shape index (κ2) is 12.7. The summed E-state index contributed by atoms with van der Waals surface area (Å²) in [5, 5.41) is 0. The molecule has 0 N–H and O–H groups in total. The summed E-state index contributed by atoms with van der Waals surface area (Å²) in [6, 6.07) is 28.5. The topological polar surface area (TPSA) is 9.23 Å². The summed E-state index contributed by atoms with van der Waals surface area (Å²) < 4.78 is 6.21. The minimum absolute atomic E-state index is 0.450. The lowest BCUT2D eigenvalue weighted by Crippen LogP contribution is -2.21. The molecule has 4 rings (SSSR count). The van der Waals surface area contributed by atoms with Crippen molar-refractivity contribution in [3.05, 3.63) is 107 Å². The fraction of sp³-hybridized carbons (Fsp3) is 0.394. The van der Waals surface area contributed by atoms with Crippen LogP contribution >= 0.6 is 0 Å². The van der Waals surface area contributed by atoms with Crippen LogP contribution in [0.15, 0.2) is 78.9 Å². The number of benzene rings is 3. The van der Waals surface area contributed by atoms with E-state index in [9.17, 15) is 0 Å². The molecular weight excluding hydrogens is 412 g/mol. The summed E-state index contributed by atoms with van der Waals surface area (Å²) in [4.78, 5) is 0. The fourth-order valence-corrected chi connectivity index (χ4v) is 5.14. The Hall–Kier alpha value is -2.64. The molecule has 0 heterocycles. The molecule has 0 aromatic heterocycles. The summed E-state index contributed by atoms with van der Waals surface area (Å²) >= 11 is 0. The molecule has 0 unspecified atom stereocenters. The maximum atomic E-state index is 6.21. The summed E-state index contributed by atoms with van der Waals surface area (Å²) in [6.45, 7) is 5.33. The molecule has 3 aromatic rings. The predicted molar refractivity (Wildman–Crippen MR) is 146 cm³/mol. The van der Waals surface area contributed by atoms with Gasteiger partial charge in [-0.2, -0.15) is 0 Å². The van der Waals surface area contributed by atoms with Gasteiger partial charge in [0.25, 0.3) is 0 Å². The van der Waals surface area contributed by atoms with Gasteiger partial charge in [-0.05, 0) is 71.8 Å². The molecule has 1 aliphatic rings. The molecule has 0 aliphatic heterocycles. The van der Waals surface area contributed by atoms with Crippen molar-refractivity contribution in [1.29, 1.82) is 0 Å². The van der Waals surface area contributed by atoms with Crippen LogP contribution in [0.25, 0.3) is 12.2 Å². The smallest absolute Gasteiger partial charge is 0.0720 e. The van der Waals surface area contributed by atoms with Crippen molar-refractivity contribution in [3.8, 4) is 0 Å². The minimum Gasteiger partial charge on any atom is -0.374 e. The van der Waals surface area contributed by atoms with Crippen molar-refractivity contribution >= 4 is 12.2 Å². The molecule has 1 heteroatoms. The van der Waals surface area contributed by atoms with Gasteiger partial charge in [0, 0.05) is 0 Å². The van der Waals surface area contributed by atoms with E-state index in [-0.39, 0.29) is 0 Å². The van der Waals surface area contributed by atoms with Crippen molar-refractivity contribution in [2.24, 2.45) is 5.92 Å². The van der Waals surface area contributed by atoms with E-state index in [4.69, 9.17) is 4.74 Å². The molecule has 0 bridgehead atoms. The summed E-state index contributed by atoms with van der Waals surface area (Å²) in [5.74, 6) is 1.46. The van der Waals surface area contributed by atoms with E-state index in [1.807, 2.05) is 0 Å². The molecule has 1 fully saturated rings. The van der Waals surface area contributed by atoms with Gasteiger partial charge in [0.2, 0.25) is 0 Å². The highest BCUT2D eigenvalue weighted by Crippen LogP contribution is 2.29. The van der Waals surface area contributed by atoms with Gasteiger partial charge in [-0.25, -0.2) is 0 Å². The van der Waals surface area contributed by atoms with Crippen LogP contribution in [-0.2, 0) is 17.8 Å². The monoisotopic (exact) mass is 452 g/mol. The van der Waals surface area contributed by atoms with Crippen LogP contribution in [0.3, 0.4) is 0 Å². The maximum absolute atomic E-state index is 6.21. The standard InChI is InChI=1S/C33H40O/c1-3-7-27-20-22-33(23-21-27)34-25-31-18-14-29(15-19-31)11-10-28-12-16-30(17-13-28)24-26(2)32-8-5-4-6-9-32/h4-6,8-19,26-27,33H,3,7,20-25H2,1-2H3/t26-,27?,33?/m1/s1. The zero-order valence-corrected chi connectivity index (χ0v) is 21.0. The third kappa shape index (κ3) is 7.43. The average molecular weight is 453 g/mol. The second-order valence-electron chi connectivity index (χ2n) is 10.1. The first-order chi connectivity index (χ1) is 16.7. The third-order valence-corrected chi connectivity index (χ3v) is 7.31. The second-order valence-corrected chi connectivity index (χ2v) is 10.1. The lowest BCUT2D eigenvalue weighted by atomic mass is 9.85. The van der Waals surface area contributed by atoms with E-state index in [1.54, 1.807) is 0 Å². The zero-order chi connectivity index (χ0) is 23.6. The Morgan fingerprint density at radius 1 is 0.765 bits per heavy atom. The van der Waals surface area contributed by atoms with E-state index < -0.39 is 0 Å². The molecule has 178 valence electrons. The Bertz CT molecular complexity index is 993. The van der Waals surface area contributed by atoms with E-state index in [0.29, 0.717) is 12.0 Å². The molecule has 34 heavy (non-hydrogen) atoms. The molecule has 0 radical (unpaired) electrons. The van der Waals surface area contributed by atoms with Crippen LogP contribution in [-0.4, -0.2) is 6.10 Å². The van der Waals surface area contributed by atoms with E-state index in [1.165, 1.54) is 66.3 Å².